The summed E-state index contributed by atoms with van der Waals surface area (Å²) in [6.07, 6.45) is 7.59. The van der Waals surface area contributed by atoms with Crippen molar-refractivity contribution in [3.05, 3.63) is 47.8 Å². The molecule has 0 saturated carbocycles. The largest absolute Gasteiger partial charge is 0.463 e. The van der Waals surface area contributed by atoms with Crippen molar-refractivity contribution in [2.75, 3.05) is 26.3 Å². The Morgan fingerprint density at radius 3 is 2.70 bits per heavy atom. The van der Waals surface area contributed by atoms with E-state index in [2.05, 4.69) is 5.32 Å². The molecule has 3 rings (SSSR count). The maximum atomic E-state index is 13.2. The van der Waals surface area contributed by atoms with Gasteiger partial charge in [-0.3, -0.25) is 14.4 Å². The van der Waals surface area contributed by atoms with Crippen molar-refractivity contribution in [1.82, 2.24) is 10.2 Å². The van der Waals surface area contributed by atoms with Gasteiger partial charge in [0.25, 0.3) is 0 Å². The second-order valence-corrected chi connectivity index (χ2v) is 8.74. The van der Waals surface area contributed by atoms with Gasteiger partial charge in [0.2, 0.25) is 11.8 Å². The highest BCUT2D eigenvalue weighted by molar-refractivity contribution is 5.86. The Bertz CT molecular complexity index is 842. The number of ether oxygens (including phenoxy) is 1. The molecule has 1 aromatic carbocycles. The summed E-state index contributed by atoms with van der Waals surface area (Å²) in [5.74, 6) is -1.82. The predicted octanol–water partition coefficient (Wildman–Crippen LogP) is 2.37. The molecule has 2 N–H and O–H groups in total. The van der Waals surface area contributed by atoms with Crippen LogP contribution < -0.4 is 5.32 Å². The van der Waals surface area contributed by atoms with Gasteiger partial charge in [-0.15, -0.1) is 0 Å². The molecule has 0 radical (unpaired) electrons. The van der Waals surface area contributed by atoms with Crippen molar-refractivity contribution >= 4 is 17.8 Å². The van der Waals surface area contributed by atoms with Crippen LogP contribution in [-0.4, -0.2) is 60.1 Å². The molecule has 2 heterocycles. The lowest BCUT2D eigenvalue weighted by atomic mass is 9.94. The smallest absolute Gasteiger partial charge is 0.309 e. The van der Waals surface area contributed by atoms with Crippen molar-refractivity contribution in [1.29, 1.82) is 0 Å². The number of esters is 1. The molecule has 0 spiro atoms. The molecule has 0 bridgehead atoms. The molecule has 0 aromatic heterocycles. The standard InChI is InChI=1S/C25H33FN2O5/c26-21-10-8-18(9-11-21)15-20-6-3-1-2-5-19(16-23(30)27-12-14-29)24(31)28-13-4-7-22(28)17-33-25(20)32/h1-2,8-11,19-20,22,29H,3-7,12-17H2,(H,27,30)/b2-1-/t19-,20+,22-/m0/s1. The molecule has 3 atom stereocenters. The van der Waals surface area contributed by atoms with Gasteiger partial charge in [-0.05, 0) is 56.2 Å². The molecule has 1 fully saturated rings. The fourth-order valence-corrected chi connectivity index (χ4v) is 4.48. The summed E-state index contributed by atoms with van der Waals surface area (Å²) in [6, 6.07) is 5.95. The van der Waals surface area contributed by atoms with E-state index >= 15 is 0 Å². The summed E-state index contributed by atoms with van der Waals surface area (Å²) in [4.78, 5) is 40.1. The average Bonchev–Trinajstić information content (AvgIpc) is 3.28. The number of nitrogens with zero attached hydrogens (tertiary/aromatic N) is 1. The lowest BCUT2D eigenvalue weighted by molar-refractivity contribution is -0.152. The zero-order valence-electron chi connectivity index (χ0n) is 18.9. The van der Waals surface area contributed by atoms with E-state index in [1.807, 2.05) is 12.2 Å². The molecule has 1 aromatic rings. The Kier molecular flexibility index (Phi) is 9.42. The van der Waals surface area contributed by atoms with Crippen LogP contribution in [0.4, 0.5) is 4.39 Å². The zero-order valence-corrected chi connectivity index (χ0v) is 18.9. The molecule has 0 unspecified atom stereocenters. The normalized spacial score (nSPS) is 25.3. The Morgan fingerprint density at radius 1 is 1.15 bits per heavy atom. The van der Waals surface area contributed by atoms with Gasteiger partial charge in [-0.2, -0.15) is 0 Å². The second-order valence-electron chi connectivity index (χ2n) is 8.74. The fourth-order valence-electron chi connectivity index (χ4n) is 4.48. The van der Waals surface area contributed by atoms with E-state index in [1.165, 1.54) is 12.1 Å². The summed E-state index contributed by atoms with van der Waals surface area (Å²) in [5, 5.41) is 11.5. The molecule has 2 amide bonds. The van der Waals surface area contributed by atoms with Crippen LogP contribution in [-0.2, 0) is 25.5 Å². The third kappa shape index (κ3) is 7.39. The molecule has 180 valence electrons. The van der Waals surface area contributed by atoms with E-state index in [4.69, 9.17) is 9.84 Å². The maximum absolute atomic E-state index is 13.2. The third-order valence-electron chi connectivity index (χ3n) is 6.29. The maximum Gasteiger partial charge on any atom is 0.309 e. The molecule has 1 saturated heterocycles. The highest BCUT2D eigenvalue weighted by Crippen LogP contribution is 2.25. The van der Waals surface area contributed by atoms with Gasteiger partial charge in [0, 0.05) is 19.5 Å². The number of hydrogen-bond acceptors (Lipinski definition) is 5. The fraction of sp³-hybridized carbons (Fsp3) is 0.560. The summed E-state index contributed by atoms with van der Waals surface area (Å²) in [7, 11) is 0. The van der Waals surface area contributed by atoms with Crippen LogP contribution in [0, 0.1) is 17.7 Å². The highest BCUT2D eigenvalue weighted by Gasteiger charge is 2.35. The topological polar surface area (TPSA) is 95.9 Å². The van der Waals surface area contributed by atoms with Crippen LogP contribution in [0.25, 0.3) is 0 Å². The number of fused-ring (bicyclic) bond motifs is 1. The average molecular weight is 461 g/mol. The first-order valence-corrected chi connectivity index (χ1v) is 11.7. The third-order valence-corrected chi connectivity index (χ3v) is 6.29. The molecular formula is C25H33FN2O5. The minimum absolute atomic E-state index is 0.0549. The lowest BCUT2D eigenvalue weighted by Gasteiger charge is -2.28. The van der Waals surface area contributed by atoms with Crippen molar-refractivity contribution in [3.8, 4) is 0 Å². The Morgan fingerprint density at radius 2 is 1.94 bits per heavy atom. The van der Waals surface area contributed by atoms with Crippen LogP contribution >= 0.6 is 0 Å². The van der Waals surface area contributed by atoms with Gasteiger partial charge < -0.3 is 20.1 Å². The van der Waals surface area contributed by atoms with Gasteiger partial charge in [-0.1, -0.05) is 24.3 Å². The number of rotatable bonds is 6. The SMILES string of the molecule is O=C(C[C@@H]1C/C=C\CC[C@H](Cc2ccc(F)cc2)C(=O)OC[C@@H]2CCCN2C1=O)NCCO. The highest BCUT2D eigenvalue weighted by atomic mass is 19.1. The minimum atomic E-state index is -0.494. The van der Waals surface area contributed by atoms with E-state index in [-0.39, 0.29) is 61.7 Å². The van der Waals surface area contributed by atoms with Gasteiger partial charge in [-0.25, -0.2) is 4.39 Å². The predicted molar refractivity (Wildman–Crippen MR) is 120 cm³/mol. The van der Waals surface area contributed by atoms with Crippen LogP contribution in [0.5, 0.6) is 0 Å². The van der Waals surface area contributed by atoms with Gasteiger partial charge >= 0.3 is 5.97 Å². The van der Waals surface area contributed by atoms with Crippen LogP contribution in [0.3, 0.4) is 0 Å². The van der Waals surface area contributed by atoms with Gasteiger partial charge in [0.15, 0.2) is 0 Å². The van der Waals surface area contributed by atoms with Crippen molar-refractivity contribution < 1.29 is 28.6 Å². The number of carbonyl (C=O) groups is 3. The monoisotopic (exact) mass is 460 g/mol. The van der Waals surface area contributed by atoms with Gasteiger partial charge in [0.05, 0.1) is 24.5 Å². The number of aliphatic hydroxyl groups is 1. The van der Waals surface area contributed by atoms with E-state index < -0.39 is 5.92 Å². The lowest BCUT2D eigenvalue weighted by Crippen LogP contribution is -2.43. The van der Waals surface area contributed by atoms with E-state index in [0.29, 0.717) is 32.2 Å². The number of nitrogens with one attached hydrogen (secondary N) is 1. The van der Waals surface area contributed by atoms with Crippen molar-refractivity contribution in [2.24, 2.45) is 11.8 Å². The Hall–Kier alpha value is -2.74. The number of hydrogen-bond donors (Lipinski definition) is 2. The van der Waals surface area contributed by atoms with E-state index in [0.717, 1.165) is 18.4 Å². The number of halogens is 1. The first-order chi connectivity index (χ1) is 16.0. The first-order valence-electron chi connectivity index (χ1n) is 11.7. The van der Waals surface area contributed by atoms with E-state index in [1.54, 1.807) is 17.0 Å². The van der Waals surface area contributed by atoms with E-state index in [9.17, 15) is 18.8 Å². The first kappa shape index (κ1) is 24.9. The minimum Gasteiger partial charge on any atom is -0.463 e. The number of amides is 2. The number of cyclic esters (lactones) is 1. The molecule has 2 aliphatic heterocycles. The van der Waals surface area contributed by atoms with Crippen LogP contribution in [0.1, 0.15) is 44.1 Å². The zero-order chi connectivity index (χ0) is 23.6. The molecule has 2 aliphatic rings. The van der Waals surface area contributed by atoms with Gasteiger partial charge in [0.1, 0.15) is 12.4 Å². The Labute approximate surface area is 194 Å². The molecule has 33 heavy (non-hydrogen) atoms. The molecule has 0 aliphatic carbocycles. The second kappa shape index (κ2) is 12.5. The summed E-state index contributed by atoms with van der Waals surface area (Å²) < 4.78 is 18.9. The van der Waals surface area contributed by atoms with Crippen molar-refractivity contribution in [3.63, 3.8) is 0 Å². The molecular weight excluding hydrogens is 427 g/mol. The number of carbonyl (C=O) groups excluding carboxylic acids is 3. The summed E-state index contributed by atoms with van der Waals surface area (Å²) in [6.45, 7) is 0.732. The van der Waals surface area contributed by atoms with Crippen LogP contribution in [0.2, 0.25) is 0 Å². The number of benzene rings is 1. The van der Waals surface area contributed by atoms with Crippen LogP contribution in [0.15, 0.2) is 36.4 Å². The number of aliphatic hydroxyl groups excluding tert-OH is 1. The summed E-state index contributed by atoms with van der Waals surface area (Å²) in [5.41, 5.74) is 0.873. The summed E-state index contributed by atoms with van der Waals surface area (Å²) >= 11 is 0. The molecule has 7 nitrogen and oxygen atoms in total. The number of allylic oxidation sites excluding steroid dienone is 2. The quantitative estimate of drug-likeness (QED) is 0.502. The Balaban J connectivity index is 1.72. The van der Waals surface area contributed by atoms with Crippen molar-refractivity contribution in [2.45, 2.75) is 51.0 Å². The molecule has 8 heteroatoms.